The number of benzene rings is 1. The van der Waals surface area contributed by atoms with Crippen molar-refractivity contribution in [3.8, 4) is 0 Å². The lowest BCUT2D eigenvalue weighted by molar-refractivity contribution is -0.122. The predicted molar refractivity (Wildman–Crippen MR) is 63.1 cm³/mol. The highest BCUT2D eigenvalue weighted by atomic mass is 19.1. The van der Waals surface area contributed by atoms with E-state index in [0.29, 0.717) is 6.04 Å². The standard InChI is InChI=1S/C14H15F2NO/c15-11-2-1-3-12(16)9(11)7-14(18)10-6-8-4-5-13(10)17-8/h1-3,8,10,13,17H,4-7H2. The first-order chi connectivity index (χ1) is 8.65. The molecule has 0 radical (unpaired) electrons. The number of nitrogens with one attached hydrogen (secondary N) is 1. The summed E-state index contributed by atoms with van der Waals surface area (Å²) in [5, 5.41) is 3.37. The summed E-state index contributed by atoms with van der Waals surface area (Å²) in [6.07, 6.45) is 2.80. The van der Waals surface area contributed by atoms with Crippen molar-refractivity contribution >= 4 is 5.78 Å². The summed E-state index contributed by atoms with van der Waals surface area (Å²) < 4.78 is 27.0. The SMILES string of the molecule is O=C(Cc1c(F)cccc1F)C1CC2CCC1N2. The normalized spacial score (nSPS) is 29.8. The molecule has 0 saturated carbocycles. The first kappa shape index (κ1) is 11.8. The predicted octanol–water partition coefficient (Wildman–Crippen LogP) is 2.22. The van der Waals surface area contributed by atoms with E-state index >= 15 is 0 Å². The third-order valence-electron chi connectivity index (χ3n) is 4.13. The van der Waals surface area contributed by atoms with E-state index in [4.69, 9.17) is 0 Å². The topological polar surface area (TPSA) is 29.1 Å². The zero-order valence-corrected chi connectivity index (χ0v) is 9.96. The summed E-state index contributed by atoms with van der Waals surface area (Å²) in [6.45, 7) is 0. The first-order valence-corrected chi connectivity index (χ1v) is 6.37. The van der Waals surface area contributed by atoms with Gasteiger partial charge >= 0.3 is 0 Å². The molecule has 96 valence electrons. The van der Waals surface area contributed by atoms with Crippen LogP contribution in [0, 0.1) is 17.6 Å². The highest BCUT2D eigenvalue weighted by Gasteiger charge is 2.42. The number of carbonyl (C=O) groups excluding carboxylic acids is 1. The molecule has 2 aliphatic heterocycles. The maximum atomic E-state index is 13.5. The van der Waals surface area contributed by atoms with Gasteiger partial charge in [-0.3, -0.25) is 4.79 Å². The van der Waals surface area contributed by atoms with Gasteiger partial charge in [0.25, 0.3) is 0 Å². The molecule has 0 aromatic heterocycles. The second-order valence-corrected chi connectivity index (χ2v) is 5.23. The number of carbonyl (C=O) groups is 1. The monoisotopic (exact) mass is 251 g/mol. The van der Waals surface area contributed by atoms with Crippen molar-refractivity contribution in [3.63, 3.8) is 0 Å². The average Bonchev–Trinajstić information content (AvgIpc) is 2.96. The largest absolute Gasteiger partial charge is 0.310 e. The molecule has 1 aromatic carbocycles. The Bertz CT molecular complexity index is 468. The van der Waals surface area contributed by atoms with E-state index in [2.05, 4.69) is 5.32 Å². The molecule has 0 amide bonds. The van der Waals surface area contributed by atoms with Crippen molar-refractivity contribution in [3.05, 3.63) is 35.4 Å². The van der Waals surface area contributed by atoms with Crippen LogP contribution in [-0.2, 0) is 11.2 Å². The number of hydrogen-bond donors (Lipinski definition) is 1. The molecule has 2 saturated heterocycles. The number of hydrogen-bond acceptors (Lipinski definition) is 2. The van der Waals surface area contributed by atoms with Crippen LogP contribution >= 0.6 is 0 Å². The fourth-order valence-electron chi connectivity index (χ4n) is 3.19. The van der Waals surface area contributed by atoms with E-state index in [9.17, 15) is 13.6 Å². The van der Waals surface area contributed by atoms with Gasteiger partial charge in [0.15, 0.2) is 0 Å². The van der Waals surface area contributed by atoms with Gasteiger partial charge in [0, 0.05) is 30.0 Å². The smallest absolute Gasteiger partial charge is 0.142 e. The highest BCUT2D eigenvalue weighted by molar-refractivity contribution is 5.84. The minimum Gasteiger partial charge on any atom is -0.310 e. The number of ketones is 1. The van der Waals surface area contributed by atoms with E-state index in [0.717, 1.165) is 19.3 Å². The molecule has 0 spiro atoms. The van der Waals surface area contributed by atoms with E-state index in [1.54, 1.807) is 0 Å². The second kappa shape index (κ2) is 4.43. The Morgan fingerprint density at radius 3 is 2.56 bits per heavy atom. The van der Waals surface area contributed by atoms with Crippen LogP contribution in [0.25, 0.3) is 0 Å². The summed E-state index contributed by atoms with van der Waals surface area (Å²) in [5.41, 5.74) is -0.0923. The van der Waals surface area contributed by atoms with Crippen LogP contribution in [0.15, 0.2) is 18.2 Å². The molecule has 2 fully saturated rings. The molecule has 2 aliphatic rings. The summed E-state index contributed by atoms with van der Waals surface area (Å²) in [5.74, 6) is -1.36. The third kappa shape index (κ3) is 1.94. The molecule has 2 nitrogen and oxygen atoms in total. The summed E-state index contributed by atoms with van der Waals surface area (Å²) in [4.78, 5) is 12.1. The molecule has 18 heavy (non-hydrogen) atoms. The van der Waals surface area contributed by atoms with Gasteiger partial charge in [-0.1, -0.05) is 6.07 Å². The fraction of sp³-hybridized carbons (Fsp3) is 0.500. The fourth-order valence-corrected chi connectivity index (χ4v) is 3.19. The highest BCUT2D eigenvalue weighted by Crippen LogP contribution is 2.34. The number of halogens is 2. The molecule has 3 unspecified atom stereocenters. The Morgan fingerprint density at radius 2 is 2.00 bits per heavy atom. The van der Waals surface area contributed by atoms with Crippen molar-refractivity contribution in [2.75, 3.05) is 0 Å². The number of rotatable bonds is 3. The van der Waals surface area contributed by atoms with Crippen LogP contribution in [0.1, 0.15) is 24.8 Å². The molecule has 2 heterocycles. The van der Waals surface area contributed by atoms with Gasteiger partial charge < -0.3 is 5.32 Å². The van der Waals surface area contributed by atoms with Crippen LogP contribution in [0.3, 0.4) is 0 Å². The quantitative estimate of drug-likeness (QED) is 0.892. The van der Waals surface area contributed by atoms with E-state index in [1.165, 1.54) is 18.2 Å². The van der Waals surface area contributed by atoms with Gasteiger partial charge in [-0.15, -0.1) is 0 Å². The van der Waals surface area contributed by atoms with Crippen molar-refractivity contribution in [1.29, 1.82) is 0 Å². The van der Waals surface area contributed by atoms with Crippen LogP contribution in [-0.4, -0.2) is 17.9 Å². The van der Waals surface area contributed by atoms with Crippen LogP contribution < -0.4 is 5.32 Å². The molecule has 2 bridgehead atoms. The van der Waals surface area contributed by atoms with Crippen molar-refractivity contribution in [2.45, 2.75) is 37.8 Å². The van der Waals surface area contributed by atoms with Gasteiger partial charge in [-0.05, 0) is 31.4 Å². The number of Topliss-reactive ketones (excluding diaryl/α,β-unsaturated/α-hetero) is 1. The lowest BCUT2D eigenvalue weighted by atomic mass is 9.84. The van der Waals surface area contributed by atoms with Crippen molar-refractivity contribution in [1.82, 2.24) is 5.32 Å². The lowest BCUT2D eigenvalue weighted by Gasteiger charge is -2.18. The first-order valence-electron chi connectivity index (χ1n) is 6.37. The Labute approximate surface area is 104 Å². The zero-order chi connectivity index (χ0) is 12.7. The summed E-state index contributed by atoms with van der Waals surface area (Å²) in [7, 11) is 0. The molecule has 4 heteroatoms. The van der Waals surface area contributed by atoms with E-state index in [1.807, 2.05) is 0 Å². The minimum absolute atomic E-state index is 0.0429. The van der Waals surface area contributed by atoms with Gasteiger partial charge in [-0.25, -0.2) is 8.78 Å². The number of fused-ring (bicyclic) bond motifs is 2. The van der Waals surface area contributed by atoms with Crippen molar-refractivity contribution < 1.29 is 13.6 Å². The van der Waals surface area contributed by atoms with Gasteiger partial charge in [0.1, 0.15) is 17.4 Å². The van der Waals surface area contributed by atoms with E-state index < -0.39 is 11.6 Å². The molecule has 3 rings (SSSR count). The van der Waals surface area contributed by atoms with E-state index in [-0.39, 0.29) is 29.7 Å². The molecule has 1 aromatic rings. The Balaban J connectivity index is 1.75. The molecular weight excluding hydrogens is 236 g/mol. The second-order valence-electron chi connectivity index (χ2n) is 5.23. The summed E-state index contributed by atoms with van der Waals surface area (Å²) >= 11 is 0. The van der Waals surface area contributed by atoms with Gasteiger partial charge in [0.2, 0.25) is 0 Å². The third-order valence-corrected chi connectivity index (χ3v) is 4.13. The van der Waals surface area contributed by atoms with Gasteiger partial charge in [0.05, 0.1) is 0 Å². The zero-order valence-electron chi connectivity index (χ0n) is 9.96. The minimum atomic E-state index is -0.625. The van der Waals surface area contributed by atoms with Crippen LogP contribution in [0.2, 0.25) is 0 Å². The molecule has 1 N–H and O–H groups in total. The molecular formula is C14H15F2NO. The molecule has 0 aliphatic carbocycles. The Hall–Kier alpha value is -1.29. The Morgan fingerprint density at radius 1 is 1.28 bits per heavy atom. The van der Waals surface area contributed by atoms with Crippen molar-refractivity contribution in [2.24, 2.45) is 5.92 Å². The lowest BCUT2D eigenvalue weighted by Crippen LogP contribution is -2.30. The average molecular weight is 251 g/mol. The van der Waals surface area contributed by atoms with Crippen LogP contribution in [0.5, 0.6) is 0 Å². The molecule has 3 atom stereocenters. The van der Waals surface area contributed by atoms with Gasteiger partial charge in [-0.2, -0.15) is 0 Å². The maximum absolute atomic E-state index is 13.5. The summed E-state index contributed by atoms with van der Waals surface area (Å²) in [6, 6.07) is 4.36. The Kier molecular flexibility index (Phi) is 2.90. The maximum Gasteiger partial charge on any atom is 0.142 e. The van der Waals surface area contributed by atoms with Crippen LogP contribution in [0.4, 0.5) is 8.78 Å².